The molecule has 0 bridgehead atoms. The normalized spacial score (nSPS) is 18.1. The Kier molecular flexibility index (Phi) is 5.68. The molecule has 1 aromatic rings. The van der Waals surface area contributed by atoms with Crippen LogP contribution < -0.4 is 5.32 Å². The fourth-order valence-corrected chi connectivity index (χ4v) is 2.72. The molecule has 0 saturated heterocycles. The van der Waals surface area contributed by atoms with Crippen LogP contribution >= 0.6 is 0 Å². The second-order valence-electron chi connectivity index (χ2n) is 5.59. The van der Waals surface area contributed by atoms with Gasteiger partial charge in [0, 0.05) is 18.7 Å². The molecule has 1 aliphatic rings. The zero-order valence-corrected chi connectivity index (χ0v) is 12.1. The predicted octanol–water partition coefficient (Wildman–Crippen LogP) is 3.10. The van der Waals surface area contributed by atoms with Crippen molar-refractivity contribution in [2.24, 2.45) is 0 Å². The van der Waals surface area contributed by atoms with E-state index >= 15 is 0 Å². The summed E-state index contributed by atoms with van der Waals surface area (Å²) >= 11 is 0. The maximum atomic E-state index is 9.47. The summed E-state index contributed by atoms with van der Waals surface area (Å²) in [5, 5.41) is 22.3. The number of benzene rings is 1. The summed E-state index contributed by atoms with van der Waals surface area (Å²) in [6.45, 7) is 3.49. The maximum Gasteiger partial charge on any atom is 0.119 e. The van der Waals surface area contributed by atoms with Gasteiger partial charge >= 0.3 is 0 Å². The minimum absolute atomic E-state index is 0.0722. The molecule has 4 heteroatoms. The third-order valence-corrected chi connectivity index (χ3v) is 3.88. The lowest BCUT2D eigenvalue weighted by molar-refractivity contribution is 0.0295. The van der Waals surface area contributed by atoms with Crippen LogP contribution in [0, 0.1) is 0 Å². The summed E-state index contributed by atoms with van der Waals surface area (Å²) in [4.78, 5) is 0. The van der Waals surface area contributed by atoms with Crippen molar-refractivity contribution in [1.29, 1.82) is 0 Å². The maximum absolute atomic E-state index is 9.47. The van der Waals surface area contributed by atoms with Gasteiger partial charge < -0.3 is 20.3 Å². The highest BCUT2D eigenvalue weighted by Crippen LogP contribution is 2.24. The van der Waals surface area contributed by atoms with Gasteiger partial charge in [0.2, 0.25) is 0 Å². The number of aromatic hydroxyl groups is 2. The van der Waals surface area contributed by atoms with Crippen molar-refractivity contribution < 1.29 is 14.9 Å². The molecule has 0 spiro atoms. The van der Waals surface area contributed by atoms with Crippen LogP contribution in [0.15, 0.2) is 18.2 Å². The lowest BCUT2D eigenvalue weighted by Gasteiger charge is -2.22. The van der Waals surface area contributed by atoms with Gasteiger partial charge in [0.05, 0.1) is 12.7 Å². The number of nitrogens with one attached hydrogen (secondary N) is 1. The molecule has 1 aliphatic carbocycles. The molecule has 0 amide bonds. The van der Waals surface area contributed by atoms with E-state index in [2.05, 4.69) is 5.32 Å². The van der Waals surface area contributed by atoms with Crippen LogP contribution in [-0.2, 0) is 4.74 Å². The third-order valence-electron chi connectivity index (χ3n) is 3.88. The standard InChI is InChI=1S/C16H25NO3/c1-12(13-9-14(18)11-15(19)10-13)17-7-8-20-16-5-3-2-4-6-16/h9-12,16-19H,2-8H2,1H3. The number of phenols is 2. The Labute approximate surface area is 120 Å². The quantitative estimate of drug-likeness (QED) is 0.700. The summed E-state index contributed by atoms with van der Waals surface area (Å²) in [5.41, 5.74) is 0.875. The van der Waals surface area contributed by atoms with Gasteiger partial charge in [-0.1, -0.05) is 19.3 Å². The van der Waals surface area contributed by atoms with Crippen LogP contribution in [0.3, 0.4) is 0 Å². The van der Waals surface area contributed by atoms with E-state index in [1.54, 1.807) is 12.1 Å². The Morgan fingerprint density at radius 2 is 1.80 bits per heavy atom. The average Bonchev–Trinajstić information content (AvgIpc) is 2.43. The van der Waals surface area contributed by atoms with Crippen LogP contribution in [0.2, 0.25) is 0 Å². The molecular weight excluding hydrogens is 254 g/mol. The first-order valence-electron chi connectivity index (χ1n) is 7.53. The zero-order chi connectivity index (χ0) is 14.4. The van der Waals surface area contributed by atoms with Crippen LogP contribution in [0.5, 0.6) is 11.5 Å². The van der Waals surface area contributed by atoms with E-state index in [-0.39, 0.29) is 17.5 Å². The van der Waals surface area contributed by atoms with E-state index in [1.807, 2.05) is 6.92 Å². The van der Waals surface area contributed by atoms with Gasteiger partial charge in [-0.2, -0.15) is 0 Å². The predicted molar refractivity (Wildman–Crippen MR) is 79.0 cm³/mol. The Morgan fingerprint density at radius 3 is 2.45 bits per heavy atom. The molecule has 0 aliphatic heterocycles. The van der Waals surface area contributed by atoms with E-state index in [4.69, 9.17) is 4.74 Å². The molecule has 0 aromatic heterocycles. The summed E-state index contributed by atoms with van der Waals surface area (Å²) in [5.74, 6) is 0.180. The van der Waals surface area contributed by atoms with Gasteiger partial charge in [0.1, 0.15) is 11.5 Å². The van der Waals surface area contributed by atoms with E-state index in [0.717, 1.165) is 12.1 Å². The number of phenolic OH excluding ortho intramolecular Hbond substituents is 2. The molecule has 1 fully saturated rings. The van der Waals surface area contributed by atoms with Crippen molar-refractivity contribution in [2.75, 3.05) is 13.2 Å². The molecule has 2 rings (SSSR count). The van der Waals surface area contributed by atoms with Crippen molar-refractivity contribution in [3.05, 3.63) is 23.8 Å². The van der Waals surface area contributed by atoms with Gasteiger partial charge in [-0.3, -0.25) is 0 Å². The smallest absolute Gasteiger partial charge is 0.119 e. The molecule has 112 valence electrons. The lowest BCUT2D eigenvalue weighted by Crippen LogP contribution is -2.26. The highest BCUT2D eigenvalue weighted by atomic mass is 16.5. The van der Waals surface area contributed by atoms with Crippen LogP contribution in [0.4, 0.5) is 0 Å². The van der Waals surface area contributed by atoms with E-state index in [9.17, 15) is 10.2 Å². The second kappa shape index (κ2) is 7.50. The van der Waals surface area contributed by atoms with E-state index in [1.165, 1.54) is 38.2 Å². The number of hydrogen-bond acceptors (Lipinski definition) is 4. The molecule has 1 aromatic carbocycles. The Hall–Kier alpha value is -1.26. The second-order valence-corrected chi connectivity index (χ2v) is 5.59. The van der Waals surface area contributed by atoms with Crippen molar-refractivity contribution in [3.8, 4) is 11.5 Å². The minimum Gasteiger partial charge on any atom is -0.508 e. The Bertz CT molecular complexity index is 396. The van der Waals surface area contributed by atoms with Crippen LogP contribution in [0.25, 0.3) is 0 Å². The van der Waals surface area contributed by atoms with Crippen molar-refractivity contribution in [3.63, 3.8) is 0 Å². The average molecular weight is 279 g/mol. The first-order chi connectivity index (χ1) is 9.65. The molecule has 20 heavy (non-hydrogen) atoms. The van der Waals surface area contributed by atoms with Crippen molar-refractivity contribution in [1.82, 2.24) is 5.32 Å². The molecule has 4 nitrogen and oxygen atoms in total. The fraction of sp³-hybridized carbons (Fsp3) is 0.625. The summed E-state index contributed by atoms with van der Waals surface area (Å²) in [7, 11) is 0. The van der Waals surface area contributed by atoms with Gasteiger partial charge in [0.25, 0.3) is 0 Å². The summed E-state index contributed by atoms with van der Waals surface area (Å²) < 4.78 is 5.86. The molecule has 3 N–H and O–H groups in total. The molecule has 0 radical (unpaired) electrons. The van der Waals surface area contributed by atoms with Gasteiger partial charge in [-0.25, -0.2) is 0 Å². The highest BCUT2D eigenvalue weighted by molar-refractivity contribution is 5.37. The topological polar surface area (TPSA) is 61.7 Å². The number of rotatable bonds is 6. The number of ether oxygens (including phenoxy) is 1. The van der Waals surface area contributed by atoms with Crippen molar-refractivity contribution in [2.45, 2.75) is 51.2 Å². The molecular formula is C16H25NO3. The fourth-order valence-electron chi connectivity index (χ4n) is 2.72. The third kappa shape index (κ3) is 4.69. The summed E-state index contributed by atoms with van der Waals surface area (Å²) in [6, 6.07) is 4.74. The largest absolute Gasteiger partial charge is 0.508 e. The molecule has 1 unspecified atom stereocenters. The van der Waals surface area contributed by atoms with Gasteiger partial charge in [0.15, 0.2) is 0 Å². The highest BCUT2D eigenvalue weighted by Gasteiger charge is 2.13. The Morgan fingerprint density at radius 1 is 1.15 bits per heavy atom. The number of hydrogen-bond donors (Lipinski definition) is 3. The summed E-state index contributed by atoms with van der Waals surface area (Å²) in [6.07, 6.45) is 6.74. The first-order valence-corrected chi connectivity index (χ1v) is 7.53. The lowest BCUT2D eigenvalue weighted by atomic mass is 9.98. The molecule has 1 saturated carbocycles. The minimum atomic E-state index is 0.0722. The first kappa shape index (κ1) is 15.1. The SMILES string of the molecule is CC(NCCOC1CCCCC1)c1cc(O)cc(O)c1. The van der Waals surface area contributed by atoms with Gasteiger partial charge in [-0.05, 0) is 37.5 Å². The van der Waals surface area contributed by atoms with Crippen LogP contribution in [-0.4, -0.2) is 29.5 Å². The zero-order valence-electron chi connectivity index (χ0n) is 12.1. The van der Waals surface area contributed by atoms with Gasteiger partial charge in [-0.15, -0.1) is 0 Å². The molecule has 1 atom stereocenters. The van der Waals surface area contributed by atoms with E-state index in [0.29, 0.717) is 12.7 Å². The van der Waals surface area contributed by atoms with Crippen molar-refractivity contribution >= 4 is 0 Å². The monoisotopic (exact) mass is 279 g/mol. The van der Waals surface area contributed by atoms with E-state index < -0.39 is 0 Å². The molecule has 0 heterocycles. The van der Waals surface area contributed by atoms with Crippen LogP contribution in [0.1, 0.15) is 50.6 Å². The Balaban J connectivity index is 1.70.